The van der Waals surface area contributed by atoms with E-state index >= 15 is 0 Å². The van der Waals surface area contributed by atoms with Crippen LogP contribution in [0.4, 0.5) is 24.5 Å². The van der Waals surface area contributed by atoms with Gasteiger partial charge in [-0.25, -0.2) is 21.8 Å². The lowest BCUT2D eigenvalue weighted by atomic mass is 10.0. The van der Waals surface area contributed by atoms with Crippen LogP contribution in [0.3, 0.4) is 0 Å². The van der Waals surface area contributed by atoms with Crippen molar-refractivity contribution in [2.24, 2.45) is 0 Å². The maximum atomic E-state index is 13.0. The van der Waals surface area contributed by atoms with Crippen LogP contribution in [0.25, 0.3) is 0 Å². The van der Waals surface area contributed by atoms with Crippen molar-refractivity contribution in [2.75, 3.05) is 35.9 Å². The average molecular weight is 713 g/mol. The maximum Gasteiger partial charge on any atom is 0.417 e. The lowest BCUT2D eigenvalue weighted by Crippen LogP contribution is -2.45. The first kappa shape index (κ1) is 34.4. The number of aliphatic hydroxyl groups is 1. The van der Waals surface area contributed by atoms with E-state index in [1.807, 2.05) is 0 Å². The van der Waals surface area contributed by atoms with E-state index in [0.717, 1.165) is 49.8 Å². The number of sulfonamides is 1. The fourth-order valence-electron chi connectivity index (χ4n) is 4.79. The largest absolute Gasteiger partial charge is 0.508 e. The van der Waals surface area contributed by atoms with Crippen LogP contribution in [-0.4, -0.2) is 70.4 Å². The van der Waals surface area contributed by atoms with Crippen molar-refractivity contribution in [2.45, 2.75) is 44.6 Å². The van der Waals surface area contributed by atoms with Crippen LogP contribution in [0.2, 0.25) is 0 Å². The van der Waals surface area contributed by atoms with Gasteiger partial charge in [-0.15, -0.1) is 11.3 Å². The highest BCUT2D eigenvalue weighted by Gasteiger charge is 2.32. The molecule has 0 radical (unpaired) electrons. The Hall–Kier alpha value is -3.90. The third kappa shape index (κ3) is 8.72. The van der Waals surface area contributed by atoms with E-state index in [4.69, 9.17) is 4.74 Å². The predicted octanol–water partition coefficient (Wildman–Crippen LogP) is 4.50. The number of aliphatic hydroxyl groups excluding tert-OH is 1. The van der Waals surface area contributed by atoms with Crippen molar-refractivity contribution in [1.29, 1.82) is 0 Å². The van der Waals surface area contributed by atoms with Crippen molar-refractivity contribution < 1.29 is 45.0 Å². The van der Waals surface area contributed by atoms with Crippen molar-refractivity contribution in [3.63, 3.8) is 0 Å². The summed E-state index contributed by atoms with van der Waals surface area (Å²) in [5.74, 6) is 0.688. The van der Waals surface area contributed by atoms with Crippen molar-refractivity contribution in [3.05, 3.63) is 84.6 Å². The zero-order valence-electron chi connectivity index (χ0n) is 24.6. The molecule has 2 aromatic heterocycles. The number of benzene rings is 2. The standard InChI is InChI=1S/C30H31F3N4O7S3/c31-30(32,33)20-1-10-27(35-17-20)46(40,41)28-11-12-29(45-28)47(42,43)36-22-2-4-23(5-3-22)37-15-13-21(14-16-37)34-18-25(39)19-44-26-8-6-24(38)7-9-26/h1-12,17,21,25,34,36,38-39H,13-16,18-19H2/t25-/m0/s1. The van der Waals surface area contributed by atoms with Crippen LogP contribution in [0.15, 0.2) is 92.4 Å². The number of halogens is 3. The average Bonchev–Trinajstić information content (AvgIpc) is 3.57. The molecular weight excluding hydrogens is 682 g/mol. The lowest BCUT2D eigenvalue weighted by molar-refractivity contribution is -0.137. The summed E-state index contributed by atoms with van der Waals surface area (Å²) < 4.78 is 97.5. The number of piperidine rings is 1. The zero-order valence-corrected chi connectivity index (χ0v) is 27.0. The van der Waals surface area contributed by atoms with E-state index in [-0.39, 0.29) is 32.5 Å². The molecule has 11 nitrogen and oxygen atoms in total. The van der Waals surface area contributed by atoms with Crippen LogP contribution >= 0.6 is 11.3 Å². The van der Waals surface area contributed by atoms with Gasteiger partial charge < -0.3 is 25.2 Å². The smallest absolute Gasteiger partial charge is 0.417 e. The first-order chi connectivity index (χ1) is 22.2. The fourth-order valence-corrected chi connectivity index (χ4v) is 8.90. The molecule has 3 heterocycles. The normalized spacial score (nSPS) is 15.4. The third-order valence-corrected chi connectivity index (χ3v) is 12.4. The quantitative estimate of drug-likeness (QED) is 0.165. The molecule has 4 N–H and O–H groups in total. The molecule has 1 aliphatic heterocycles. The lowest BCUT2D eigenvalue weighted by Gasteiger charge is -2.34. The number of ether oxygens (including phenoxy) is 1. The van der Waals surface area contributed by atoms with Crippen LogP contribution in [-0.2, 0) is 26.0 Å². The number of hydrogen-bond donors (Lipinski definition) is 4. The van der Waals surface area contributed by atoms with Gasteiger partial charge in [-0.3, -0.25) is 4.72 Å². The van der Waals surface area contributed by atoms with E-state index in [2.05, 4.69) is 19.9 Å². The van der Waals surface area contributed by atoms with Gasteiger partial charge in [-0.05, 0) is 85.6 Å². The number of nitrogens with one attached hydrogen (secondary N) is 2. The summed E-state index contributed by atoms with van der Waals surface area (Å²) in [5.41, 5.74) is 0.0443. The van der Waals surface area contributed by atoms with Crippen LogP contribution in [0.1, 0.15) is 18.4 Å². The number of alkyl halides is 3. The van der Waals surface area contributed by atoms with E-state index in [1.165, 1.54) is 12.1 Å². The summed E-state index contributed by atoms with van der Waals surface area (Å²) in [5, 5.41) is 22.3. The Morgan fingerprint density at radius 3 is 2.21 bits per heavy atom. The van der Waals surface area contributed by atoms with Gasteiger partial charge in [0.05, 0.1) is 5.56 Å². The van der Waals surface area contributed by atoms with Gasteiger partial charge in [0.1, 0.15) is 32.6 Å². The number of sulfone groups is 1. The summed E-state index contributed by atoms with van der Waals surface area (Å²) in [6, 6.07) is 16.7. The molecule has 1 atom stereocenters. The number of anilines is 2. The van der Waals surface area contributed by atoms with E-state index < -0.39 is 42.7 Å². The Balaban J connectivity index is 1.11. The second kappa shape index (κ2) is 14.1. The number of phenols is 1. The molecule has 252 valence electrons. The summed E-state index contributed by atoms with van der Waals surface area (Å²) in [6.45, 7) is 1.95. The summed E-state index contributed by atoms with van der Waals surface area (Å²) in [6.07, 6.45) is -3.33. The van der Waals surface area contributed by atoms with E-state index in [1.54, 1.807) is 36.4 Å². The zero-order chi connectivity index (χ0) is 33.8. The number of nitrogens with zero attached hydrogens (tertiary/aromatic N) is 2. The van der Waals surface area contributed by atoms with Crippen molar-refractivity contribution in [1.82, 2.24) is 10.3 Å². The Morgan fingerprint density at radius 1 is 0.936 bits per heavy atom. The molecule has 1 aliphatic rings. The van der Waals surface area contributed by atoms with Crippen molar-refractivity contribution in [3.8, 4) is 11.5 Å². The molecule has 4 aromatic rings. The van der Waals surface area contributed by atoms with Crippen molar-refractivity contribution >= 4 is 42.6 Å². The minimum atomic E-state index is -4.68. The number of pyridine rings is 1. The fraction of sp³-hybridized carbons (Fsp3) is 0.300. The third-order valence-electron chi connectivity index (χ3n) is 7.33. The second-order valence-corrected chi connectivity index (χ2v) is 15.9. The molecule has 0 spiro atoms. The number of thiophene rings is 1. The number of hydrogen-bond acceptors (Lipinski definition) is 11. The van der Waals surface area contributed by atoms with Gasteiger partial charge in [0.2, 0.25) is 9.84 Å². The van der Waals surface area contributed by atoms with E-state index in [9.17, 15) is 40.2 Å². The summed E-state index contributed by atoms with van der Waals surface area (Å²) in [4.78, 5) is 5.58. The molecule has 1 fully saturated rings. The minimum absolute atomic E-state index is 0.111. The SMILES string of the molecule is O=S(=O)(Nc1ccc(N2CCC(NC[C@H](O)COc3ccc(O)cc3)CC2)cc1)c1ccc(S(=O)(=O)c2ccc(C(F)(F)F)cn2)s1. The van der Waals surface area contributed by atoms with Gasteiger partial charge in [0, 0.05) is 43.2 Å². The molecule has 0 amide bonds. The first-order valence-electron chi connectivity index (χ1n) is 14.3. The van der Waals surface area contributed by atoms with Gasteiger partial charge in [0.15, 0.2) is 5.03 Å². The molecule has 1 saturated heterocycles. The molecule has 0 unspecified atom stereocenters. The molecule has 0 bridgehead atoms. The van der Waals surface area contributed by atoms with Gasteiger partial charge >= 0.3 is 6.18 Å². The highest BCUT2D eigenvalue weighted by atomic mass is 32.3. The Labute approximate surface area is 273 Å². The summed E-state index contributed by atoms with van der Waals surface area (Å²) >= 11 is 0.459. The number of rotatable bonds is 12. The molecular formula is C30H31F3N4O7S3. The van der Waals surface area contributed by atoms with Crippen LogP contribution in [0.5, 0.6) is 11.5 Å². The molecule has 5 rings (SSSR count). The predicted molar refractivity (Wildman–Crippen MR) is 169 cm³/mol. The maximum absolute atomic E-state index is 13.0. The van der Waals surface area contributed by atoms with Gasteiger partial charge in [-0.2, -0.15) is 13.2 Å². The molecule has 0 aliphatic carbocycles. The number of phenolic OH excluding ortho intramolecular Hbond substituents is 1. The minimum Gasteiger partial charge on any atom is -0.508 e. The molecule has 47 heavy (non-hydrogen) atoms. The van der Waals surface area contributed by atoms with Crippen LogP contribution < -0.4 is 19.7 Å². The Kier molecular flexibility index (Phi) is 10.3. The Bertz CT molecular complexity index is 1860. The van der Waals surface area contributed by atoms with E-state index in [0.29, 0.717) is 35.9 Å². The van der Waals surface area contributed by atoms with Gasteiger partial charge in [-0.1, -0.05) is 0 Å². The molecule has 2 aromatic carbocycles. The molecule has 17 heteroatoms. The van der Waals surface area contributed by atoms with Crippen LogP contribution in [0, 0.1) is 0 Å². The highest BCUT2D eigenvalue weighted by molar-refractivity contribution is 7.96. The monoisotopic (exact) mass is 712 g/mol. The molecule has 0 saturated carbocycles. The number of aromatic hydroxyl groups is 1. The topological polar surface area (TPSA) is 158 Å². The first-order valence-corrected chi connectivity index (χ1v) is 18.1. The highest BCUT2D eigenvalue weighted by Crippen LogP contribution is 2.33. The second-order valence-electron chi connectivity index (χ2n) is 10.7. The Morgan fingerprint density at radius 2 is 1.60 bits per heavy atom. The van der Waals surface area contributed by atoms with Gasteiger partial charge in [0.25, 0.3) is 10.0 Å². The summed E-state index contributed by atoms with van der Waals surface area (Å²) in [7, 11) is -8.51. The number of aromatic nitrogens is 1.